The second kappa shape index (κ2) is 10.3. The van der Waals surface area contributed by atoms with Crippen LogP contribution < -0.4 is 5.43 Å². The van der Waals surface area contributed by atoms with Gasteiger partial charge in [0.2, 0.25) is 0 Å². The Balaban J connectivity index is 1.47. The van der Waals surface area contributed by atoms with Crippen molar-refractivity contribution in [3.05, 3.63) is 83.4 Å². The Hall–Kier alpha value is -5.02. The van der Waals surface area contributed by atoms with Crippen LogP contribution in [0.3, 0.4) is 0 Å². The van der Waals surface area contributed by atoms with Gasteiger partial charge in [-0.1, -0.05) is 30.3 Å². The number of aromatic hydroxyl groups is 2. The summed E-state index contributed by atoms with van der Waals surface area (Å²) in [5, 5.41) is 66.0. The summed E-state index contributed by atoms with van der Waals surface area (Å²) in [6.45, 7) is -0.490. The van der Waals surface area contributed by atoms with Gasteiger partial charge in [-0.2, -0.15) is 0 Å². The highest BCUT2D eigenvalue weighted by molar-refractivity contribution is 6.39. The van der Waals surface area contributed by atoms with Crippen molar-refractivity contribution in [1.82, 2.24) is 20.0 Å². The lowest BCUT2D eigenvalue weighted by atomic mass is 9.96. The van der Waals surface area contributed by atoms with Crippen molar-refractivity contribution in [2.24, 2.45) is 0 Å². The summed E-state index contributed by atoms with van der Waals surface area (Å²) >= 11 is 0. The number of aromatic nitrogens is 2. The minimum absolute atomic E-state index is 0.0418. The quantitative estimate of drug-likeness (QED) is 0.131. The second-order valence-corrected chi connectivity index (χ2v) is 11.6. The fourth-order valence-electron chi connectivity index (χ4n) is 6.88. The van der Waals surface area contributed by atoms with Crippen LogP contribution in [0.4, 0.5) is 0 Å². The number of amides is 2. The van der Waals surface area contributed by atoms with Crippen LogP contribution in [0.1, 0.15) is 32.5 Å². The molecule has 0 aliphatic carbocycles. The van der Waals surface area contributed by atoms with Gasteiger partial charge in [0.25, 0.3) is 11.8 Å². The Morgan fingerprint density at radius 2 is 1.48 bits per heavy atom. The first-order valence-corrected chi connectivity index (χ1v) is 14.6. The number of nitrogens with zero attached hydrogens (tertiary/aromatic N) is 2. The molecular formula is C33H28N4O9. The molecule has 13 heteroatoms. The van der Waals surface area contributed by atoms with Crippen LogP contribution in [0, 0.1) is 0 Å². The molecule has 5 atom stereocenters. The summed E-state index contributed by atoms with van der Waals surface area (Å²) in [4.78, 5) is 31.8. The molecule has 1 fully saturated rings. The van der Waals surface area contributed by atoms with E-state index in [1.54, 1.807) is 12.1 Å². The largest absolute Gasteiger partial charge is 0.508 e. The number of H-pyrrole nitrogens is 1. The smallest absolute Gasteiger partial charge is 0.276 e. The number of benzene rings is 4. The molecule has 1 saturated heterocycles. The number of phenolic OH excluding ortho intramolecular Hbond substituents is 2. The number of ether oxygens (including phenoxy) is 1. The van der Waals surface area contributed by atoms with E-state index in [0.29, 0.717) is 38.1 Å². The van der Waals surface area contributed by atoms with Gasteiger partial charge in [0, 0.05) is 40.2 Å². The Labute approximate surface area is 259 Å². The maximum atomic E-state index is 14.3. The van der Waals surface area contributed by atoms with Crippen LogP contribution in [-0.2, 0) is 11.3 Å². The third-order valence-corrected chi connectivity index (χ3v) is 9.00. The predicted octanol–water partition coefficient (Wildman–Crippen LogP) is 2.11. The molecule has 2 aromatic heterocycles. The molecule has 13 nitrogen and oxygen atoms in total. The molecule has 234 valence electrons. The standard InChI is InChI=1S/C33H28N4O9/c38-13-21-28(41)29(42)30(43)33(46-21)36-20-11-16(40)7-9-18(20)23-25-24(22-17-8-6-15(39)10-19(17)35-26(22)27(23)36)31(44)37(32(25)45)34-12-14-4-2-1-3-5-14/h1-11,21,28-30,33-35,38-43H,12-13H2/t21-,28-,29+,30-,33-/m1/s1. The average Bonchev–Trinajstić information content (AvgIpc) is 3.66. The molecule has 4 heterocycles. The summed E-state index contributed by atoms with van der Waals surface area (Å²) in [7, 11) is 0. The van der Waals surface area contributed by atoms with Crippen molar-refractivity contribution in [2.75, 3.05) is 6.61 Å². The number of aromatic amines is 1. The molecule has 0 unspecified atom stereocenters. The lowest BCUT2D eigenvalue weighted by molar-refractivity contribution is -0.249. The van der Waals surface area contributed by atoms with Crippen molar-refractivity contribution in [3.8, 4) is 11.5 Å². The first-order valence-electron chi connectivity index (χ1n) is 14.6. The number of hydrogen-bond donors (Lipinski definition) is 8. The highest BCUT2D eigenvalue weighted by Crippen LogP contribution is 2.47. The number of rotatable bonds is 5. The van der Waals surface area contributed by atoms with Gasteiger partial charge in [-0.25, -0.2) is 10.4 Å². The number of hydrogen-bond acceptors (Lipinski definition) is 10. The Morgan fingerprint density at radius 1 is 0.804 bits per heavy atom. The van der Waals surface area contributed by atoms with E-state index in [9.17, 15) is 40.2 Å². The maximum absolute atomic E-state index is 14.3. The van der Waals surface area contributed by atoms with Crippen LogP contribution in [0.2, 0.25) is 0 Å². The van der Waals surface area contributed by atoms with Gasteiger partial charge >= 0.3 is 0 Å². The molecule has 2 aliphatic rings. The van der Waals surface area contributed by atoms with Gasteiger partial charge in [-0.3, -0.25) is 9.59 Å². The Morgan fingerprint density at radius 3 is 2.20 bits per heavy atom. The van der Waals surface area contributed by atoms with Crippen molar-refractivity contribution in [3.63, 3.8) is 0 Å². The lowest BCUT2D eigenvalue weighted by Crippen LogP contribution is -2.56. The summed E-state index contributed by atoms with van der Waals surface area (Å²) in [5.41, 5.74) is 5.38. The van der Waals surface area contributed by atoms with E-state index in [-0.39, 0.29) is 34.7 Å². The maximum Gasteiger partial charge on any atom is 0.276 e. The summed E-state index contributed by atoms with van der Waals surface area (Å²) in [5.74, 6) is -1.41. The number of imide groups is 1. The highest BCUT2D eigenvalue weighted by Gasteiger charge is 2.47. The van der Waals surface area contributed by atoms with Gasteiger partial charge in [0.15, 0.2) is 6.23 Å². The van der Waals surface area contributed by atoms with Crippen molar-refractivity contribution in [1.29, 1.82) is 0 Å². The van der Waals surface area contributed by atoms with E-state index >= 15 is 0 Å². The first-order chi connectivity index (χ1) is 22.2. The molecule has 4 aromatic carbocycles. The molecule has 2 aliphatic heterocycles. The van der Waals surface area contributed by atoms with Crippen molar-refractivity contribution < 1.29 is 45.0 Å². The highest BCUT2D eigenvalue weighted by atomic mass is 16.6. The number of phenols is 2. The summed E-state index contributed by atoms with van der Waals surface area (Å²) < 4.78 is 7.48. The fraction of sp³-hybridized carbons (Fsp3) is 0.212. The first kappa shape index (κ1) is 28.5. The van der Waals surface area contributed by atoms with E-state index in [4.69, 9.17) is 4.74 Å². The average molecular weight is 625 g/mol. The Bertz CT molecular complexity index is 2230. The monoisotopic (exact) mass is 624 g/mol. The van der Waals surface area contributed by atoms with Crippen LogP contribution in [0.5, 0.6) is 11.5 Å². The number of carbonyl (C=O) groups excluding carboxylic acids is 2. The minimum atomic E-state index is -1.72. The number of nitrogens with one attached hydrogen (secondary N) is 2. The molecule has 0 bridgehead atoms. The normalized spacial score (nSPS) is 23.4. The zero-order valence-corrected chi connectivity index (χ0v) is 24.0. The van der Waals surface area contributed by atoms with E-state index in [1.165, 1.54) is 28.8 Å². The van der Waals surface area contributed by atoms with Crippen LogP contribution in [-0.4, -0.2) is 88.0 Å². The number of aliphatic hydroxyl groups excluding tert-OH is 4. The molecule has 2 amide bonds. The van der Waals surface area contributed by atoms with E-state index < -0.39 is 49.1 Å². The van der Waals surface area contributed by atoms with E-state index in [0.717, 1.165) is 10.6 Å². The van der Waals surface area contributed by atoms with Gasteiger partial charge in [0.05, 0.1) is 39.8 Å². The minimum Gasteiger partial charge on any atom is -0.508 e. The molecule has 6 aromatic rings. The van der Waals surface area contributed by atoms with Gasteiger partial charge in [-0.15, -0.1) is 0 Å². The number of hydrazine groups is 1. The Kier molecular flexibility index (Phi) is 6.34. The fourth-order valence-corrected chi connectivity index (χ4v) is 6.88. The van der Waals surface area contributed by atoms with Gasteiger partial charge in [0.1, 0.15) is 35.9 Å². The molecule has 8 N–H and O–H groups in total. The third-order valence-electron chi connectivity index (χ3n) is 9.00. The molecule has 8 rings (SSSR count). The molecular weight excluding hydrogens is 596 g/mol. The second-order valence-electron chi connectivity index (χ2n) is 11.6. The van der Waals surface area contributed by atoms with Crippen LogP contribution in [0.15, 0.2) is 66.7 Å². The lowest BCUT2D eigenvalue weighted by Gasteiger charge is -2.41. The third kappa shape index (κ3) is 3.91. The zero-order chi connectivity index (χ0) is 32.0. The topological polar surface area (TPSA) is 201 Å². The van der Waals surface area contributed by atoms with Crippen LogP contribution >= 0.6 is 0 Å². The summed E-state index contributed by atoms with van der Waals surface area (Å²) in [6.07, 6.45) is -7.72. The van der Waals surface area contributed by atoms with E-state index in [2.05, 4.69) is 10.4 Å². The van der Waals surface area contributed by atoms with E-state index in [1.807, 2.05) is 30.3 Å². The summed E-state index contributed by atoms with van der Waals surface area (Å²) in [6, 6.07) is 18.2. The van der Waals surface area contributed by atoms with Gasteiger partial charge < -0.3 is 44.9 Å². The van der Waals surface area contributed by atoms with Crippen molar-refractivity contribution >= 4 is 55.4 Å². The molecule has 0 spiro atoms. The number of fused-ring (bicyclic) bond motifs is 10. The zero-order valence-electron chi connectivity index (χ0n) is 24.0. The number of aliphatic hydroxyl groups is 4. The van der Waals surface area contributed by atoms with Crippen LogP contribution in [0.25, 0.3) is 43.6 Å². The molecule has 0 saturated carbocycles. The van der Waals surface area contributed by atoms with Gasteiger partial charge in [-0.05, 0) is 29.8 Å². The number of carbonyl (C=O) groups is 2. The predicted molar refractivity (Wildman–Crippen MR) is 165 cm³/mol. The SMILES string of the molecule is O=C1c2c(c3c4ccc(O)cc4n([C@@H]4O[C@H](CO)[C@@H](O)[C@H](O)[C@H]4O)c3c3[nH]c4cc(O)ccc4c23)C(=O)N1NCc1ccccc1. The van der Waals surface area contributed by atoms with Crippen molar-refractivity contribution in [2.45, 2.75) is 37.2 Å². The molecule has 0 radical (unpaired) electrons. The molecule has 46 heavy (non-hydrogen) atoms.